The first kappa shape index (κ1) is 21.6. The first-order valence-corrected chi connectivity index (χ1v) is 9.18. The number of carbonyl (C=O) groups excluding carboxylic acids is 1. The van der Waals surface area contributed by atoms with Crippen molar-refractivity contribution in [2.75, 3.05) is 19.4 Å². The van der Waals surface area contributed by atoms with Crippen molar-refractivity contribution in [1.82, 2.24) is 10.2 Å². The van der Waals surface area contributed by atoms with Gasteiger partial charge in [0.05, 0.1) is 29.9 Å². The molecule has 2 aliphatic heterocycles. The Kier molecular flexibility index (Phi) is 7.19. The molecular formula is C18H25Cl2N3O4. The number of anilines is 1. The number of aliphatic carboxylic acids is 1. The minimum atomic E-state index is -0.800. The highest BCUT2D eigenvalue weighted by atomic mass is 35.5. The molecule has 2 bridgehead atoms. The number of nitrogens with two attached hydrogens (primary N) is 1. The number of nitrogen functional groups attached to an aromatic ring is 1. The molecule has 0 radical (unpaired) electrons. The molecule has 3 rings (SSSR count). The fourth-order valence-electron chi connectivity index (χ4n) is 4.19. The molecule has 2 fully saturated rings. The second kappa shape index (κ2) is 8.99. The molecule has 4 N–H and O–H groups in total. The smallest absolute Gasteiger partial charge is 0.317 e. The summed E-state index contributed by atoms with van der Waals surface area (Å²) in [5.74, 6) is -0.669. The zero-order valence-corrected chi connectivity index (χ0v) is 16.7. The van der Waals surface area contributed by atoms with E-state index >= 15 is 0 Å². The van der Waals surface area contributed by atoms with Gasteiger partial charge in [0.25, 0.3) is 5.91 Å². The predicted molar refractivity (Wildman–Crippen MR) is 106 cm³/mol. The quantitative estimate of drug-likeness (QED) is 0.635. The number of hydrogen-bond acceptors (Lipinski definition) is 5. The van der Waals surface area contributed by atoms with E-state index in [4.69, 9.17) is 27.2 Å². The van der Waals surface area contributed by atoms with Crippen LogP contribution in [-0.2, 0) is 4.79 Å². The monoisotopic (exact) mass is 417 g/mol. The molecule has 1 amide bonds. The third kappa shape index (κ3) is 4.78. The Hall–Kier alpha value is -1.70. The number of nitrogens with one attached hydrogen (secondary N) is 1. The maximum absolute atomic E-state index is 12.7. The van der Waals surface area contributed by atoms with E-state index in [1.165, 1.54) is 13.2 Å². The number of halogens is 2. The van der Waals surface area contributed by atoms with Crippen LogP contribution in [0.4, 0.5) is 5.69 Å². The summed E-state index contributed by atoms with van der Waals surface area (Å²) in [7, 11) is 1.48. The fraction of sp³-hybridized carbons (Fsp3) is 0.556. The van der Waals surface area contributed by atoms with Gasteiger partial charge in [0.2, 0.25) is 0 Å². The molecule has 2 saturated heterocycles. The zero-order chi connectivity index (χ0) is 18.8. The summed E-state index contributed by atoms with van der Waals surface area (Å²) < 4.78 is 5.25. The van der Waals surface area contributed by atoms with E-state index in [2.05, 4.69) is 10.2 Å². The van der Waals surface area contributed by atoms with Crippen molar-refractivity contribution in [1.29, 1.82) is 0 Å². The molecule has 0 aliphatic carbocycles. The van der Waals surface area contributed by atoms with Crippen LogP contribution in [0, 0.1) is 0 Å². The largest absolute Gasteiger partial charge is 0.496 e. The lowest BCUT2D eigenvalue weighted by Crippen LogP contribution is -2.58. The Balaban J connectivity index is 0.00000261. The van der Waals surface area contributed by atoms with E-state index in [1.54, 1.807) is 6.07 Å². The standard InChI is InChI=1S/C18H24ClN3O4.ClH/c1-26-16-8-15(20)14(19)7-13(16)18(25)21-10-5-11-3-2-4-12(6-10)22(11)9-17(23)24;/h7-8,10-12H,2-6,9,20H2,1H3,(H,21,25)(H,23,24);1H/t10?,11-,12+;. The number of amides is 1. The number of hydrogen-bond donors (Lipinski definition) is 3. The number of carboxylic acids is 1. The highest BCUT2D eigenvalue weighted by Crippen LogP contribution is 2.34. The average Bonchev–Trinajstić information content (AvgIpc) is 2.57. The Labute approximate surface area is 169 Å². The minimum Gasteiger partial charge on any atom is -0.496 e. The summed E-state index contributed by atoms with van der Waals surface area (Å²) in [5.41, 5.74) is 6.48. The molecular weight excluding hydrogens is 393 g/mol. The van der Waals surface area contributed by atoms with Crippen molar-refractivity contribution in [3.63, 3.8) is 0 Å². The lowest BCUT2D eigenvalue weighted by Gasteiger charge is -2.48. The molecule has 0 spiro atoms. The van der Waals surface area contributed by atoms with Crippen LogP contribution in [0.25, 0.3) is 0 Å². The predicted octanol–water partition coefficient (Wildman–Crippen LogP) is 2.55. The Bertz CT molecular complexity index is 702. The van der Waals surface area contributed by atoms with E-state index < -0.39 is 5.97 Å². The second-order valence-corrected chi connectivity index (χ2v) is 7.43. The van der Waals surface area contributed by atoms with E-state index in [0.29, 0.717) is 22.0 Å². The molecule has 3 atom stereocenters. The molecule has 9 heteroatoms. The molecule has 150 valence electrons. The van der Waals surface area contributed by atoms with Gasteiger partial charge < -0.3 is 20.9 Å². The van der Waals surface area contributed by atoms with E-state index in [-0.39, 0.29) is 43.0 Å². The molecule has 27 heavy (non-hydrogen) atoms. The van der Waals surface area contributed by atoms with Crippen LogP contribution in [0.5, 0.6) is 5.75 Å². The highest BCUT2D eigenvalue weighted by molar-refractivity contribution is 6.33. The number of carbonyl (C=O) groups is 2. The van der Waals surface area contributed by atoms with Gasteiger partial charge in [0, 0.05) is 24.2 Å². The van der Waals surface area contributed by atoms with Crippen molar-refractivity contribution in [3.8, 4) is 5.75 Å². The maximum atomic E-state index is 12.7. The molecule has 2 aliphatic rings. The number of nitrogens with zero attached hydrogens (tertiary/aromatic N) is 1. The van der Waals surface area contributed by atoms with Gasteiger partial charge in [-0.25, -0.2) is 0 Å². The van der Waals surface area contributed by atoms with E-state index in [1.807, 2.05) is 0 Å². The molecule has 1 aromatic carbocycles. The number of methoxy groups -OCH3 is 1. The first-order valence-electron chi connectivity index (χ1n) is 8.80. The molecule has 0 aromatic heterocycles. The van der Waals surface area contributed by atoms with Crippen LogP contribution in [-0.4, -0.2) is 53.7 Å². The van der Waals surface area contributed by atoms with E-state index in [0.717, 1.165) is 32.1 Å². The molecule has 0 saturated carbocycles. The van der Waals surface area contributed by atoms with Crippen LogP contribution < -0.4 is 15.8 Å². The van der Waals surface area contributed by atoms with Gasteiger partial charge in [-0.3, -0.25) is 14.5 Å². The highest BCUT2D eigenvalue weighted by Gasteiger charge is 2.39. The van der Waals surface area contributed by atoms with Crippen molar-refractivity contribution in [2.45, 2.75) is 50.2 Å². The van der Waals surface area contributed by atoms with Crippen molar-refractivity contribution < 1.29 is 19.4 Å². The summed E-state index contributed by atoms with van der Waals surface area (Å²) in [6.45, 7) is 0.0669. The van der Waals surface area contributed by atoms with Gasteiger partial charge in [-0.05, 0) is 31.7 Å². The number of benzene rings is 1. The second-order valence-electron chi connectivity index (χ2n) is 7.02. The van der Waals surface area contributed by atoms with Gasteiger partial charge in [0.1, 0.15) is 5.75 Å². The third-order valence-electron chi connectivity index (χ3n) is 5.34. The van der Waals surface area contributed by atoms with Crippen LogP contribution in [0.3, 0.4) is 0 Å². The summed E-state index contributed by atoms with van der Waals surface area (Å²) in [5, 5.41) is 12.5. The van der Waals surface area contributed by atoms with Crippen molar-refractivity contribution in [2.24, 2.45) is 0 Å². The van der Waals surface area contributed by atoms with Gasteiger partial charge in [-0.2, -0.15) is 0 Å². The van der Waals surface area contributed by atoms with Gasteiger partial charge in [-0.1, -0.05) is 18.0 Å². The lowest BCUT2D eigenvalue weighted by atomic mass is 9.81. The zero-order valence-electron chi connectivity index (χ0n) is 15.1. The topological polar surface area (TPSA) is 105 Å². The van der Waals surface area contributed by atoms with Crippen LogP contribution in [0.15, 0.2) is 12.1 Å². The first-order chi connectivity index (χ1) is 12.4. The molecule has 1 aromatic rings. The third-order valence-corrected chi connectivity index (χ3v) is 5.67. The summed E-state index contributed by atoms with van der Waals surface area (Å²) in [6, 6.07) is 3.46. The summed E-state index contributed by atoms with van der Waals surface area (Å²) in [4.78, 5) is 25.9. The Morgan fingerprint density at radius 2 is 1.96 bits per heavy atom. The van der Waals surface area contributed by atoms with Crippen molar-refractivity contribution >= 4 is 41.6 Å². The molecule has 7 nitrogen and oxygen atoms in total. The van der Waals surface area contributed by atoms with Crippen LogP contribution in [0.1, 0.15) is 42.5 Å². The number of rotatable bonds is 5. The normalized spacial score (nSPS) is 24.6. The number of carboxylic acid groups (broad SMARTS) is 1. The van der Waals surface area contributed by atoms with E-state index in [9.17, 15) is 9.59 Å². The van der Waals surface area contributed by atoms with Crippen LogP contribution in [0.2, 0.25) is 5.02 Å². The number of piperidine rings is 2. The van der Waals surface area contributed by atoms with Gasteiger partial charge in [0.15, 0.2) is 0 Å². The Morgan fingerprint density at radius 1 is 1.33 bits per heavy atom. The SMILES string of the molecule is COc1cc(N)c(Cl)cc1C(=O)NC1C[C@H]2CCC[C@@H](C1)N2CC(=O)O.Cl. The molecule has 2 heterocycles. The molecule has 1 unspecified atom stereocenters. The Morgan fingerprint density at radius 3 is 2.52 bits per heavy atom. The summed E-state index contributed by atoms with van der Waals surface area (Å²) in [6.07, 6.45) is 4.54. The fourth-order valence-corrected chi connectivity index (χ4v) is 4.35. The van der Waals surface area contributed by atoms with Crippen LogP contribution >= 0.6 is 24.0 Å². The number of fused-ring (bicyclic) bond motifs is 2. The van der Waals surface area contributed by atoms with Gasteiger partial charge in [-0.15, -0.1) is 12.4 Å². The van der Waals surface area contributed by atoms with Gasteiger partial charge >= 0.3 is 5.97 Å². The number of ether oxygens (including phenoxy) is 1. The minimum absolute atomic E-state index is 0. The summed E-state index contributed by atoms with van der Waals surface area (Å²) >= 11 is 6.05. The average molecular weight is 418 g/mol. The maximum Gasteiger partial charge on any atom is 0.317 e. The lowest BCUT2D eigenvalue weighted by molar-refractivity contribution is -0.141. The van der Waals surface area contributed by atoms with Crippen molar-refractivity contribution in [3.05, 3.63) is 22.7 Å².